The molecule has 7 heteroatoms. The molecule has 1 heterocycles. The number of amides is 1. The lowest BCUT2D eigenvalue weighted by molar-refractivity contribution is 0.0996. The van der Waals surface area contributed by atoms with Gasteiger partial charge in [-0.2, -0.15) is 4.99 Å². The molecule has 168 valence electrons. The molecule has 0 radical (unpaired) electrons. The maximum Gasteiger partial charge on any atom is 0.279 e. The van der Waals surface area contributed by atoms with E-state index in [0.29, 0.717) is 54.0 Å². The standard InChI is InChI=1S/C25H28N2O4S/c1-7-11-27-19-12-16(5)17(6)13-22(19)32-25(27)26-24(28)18-14-20(29-8-2)23(31-10-4)21(15-18)30-9-3/h1,12-15H,8-11H2,2-6H3. The van der Waals surface area contributed by atoms with Crippen molar-refractivity contribution in [3.8, 4) is 29.6 Å². The van der Waals surface area contributed by atoms with E-state index in [0.717, 1.165) is 15.8 Å². The number of hydrogen-bond donors (Lipinski definition) is 0. The molecular weight excluding hydrogens is 424 g/mol. The largest absolute Gasteiger partial charge is 0.490 e. The van der Waals surface area contributed by atoms with E-state index in [1.54, 1.807) is 12.1 Å². The zero-order chi connectivity index (χ0) is 23.3. The molecule has 0 saturated heterocycles. The van der Waals surface area contributed by atoms with Crippen LogP contribution < -0.4 is 19.0 Å². The molecule has 3 aromatic rings. The summed E-state index contributed by atoms with van der Waals surface area (Å²) in [7, 11) is 0. The Balaban J connectivity index is 2.16. The van der Waals surface area contributed by atoms with Crippen LogP contribution in [0.4, 0.5) is 0 Å². The Morgan fingerprint density at radius 3 is 2.16 bits per heavy atom. The molecule has 1 amide bonds. The molecule has 0 aliphatic rings. The van der Waals surface area contributed by atoms with Gasteiger partial charge in [-0.3, -0.25) is 4.79 Å². The van der Waals surface area contributed by atoms with E-state index < -0.39 is 5.91 Å². The van der Waals surface area contributed by atoms with E-state index >= 15 is 0 Å². The third kappa shape index (κ3) is 4.81. The van der Waals surface area contributed by atoms with Crippen LogP contribution in [-0.2, 0) is 6.54 Å². The molecule has 2 aromatic carbocycles. The number of thiazole rings is 1. The summed E-state index contributed by atoms with van der Waals surface area (Å²) in [4.78, 5) is 18.2. The normalized spacial score (nSPS) is 11.4. The number of terminal acetylenes is 1. The average molecular weight is 453 g/mol. The fourth-order valence-electron chi connectivity index (χ4n) is 3.31. The molecule has 0 N–H and O–H groups in total. The first-order valence-corrected chi connectivity index (χ1v) is 11.4. The summed E-state index contributed by atoms with van der Waals surface area (Å²) < 4.78 is 20.1. The van der Waals surface area contributed by atoms with Gasteiger partial charge in [-0.05, 0) is 70.0 Å². The molecule has 1 aromatic heterocycles. The summed E-state index contributed by atoms with van der Waals surface area (Å²) >= 11 is 1.44. The van der Waals surface area contributed by atoms with Crippen molar-refractivity contribution in [1.82, 2.24) is 4.57 Å². The quantitative estimate of drug-likeness (QED) is 0.457. The smallest absolute Gasteiger partial charge is 0.279 e. The van der Waals surface area contributed by atoms with E-state index in [2.05, 4.69) is 36.9 Å². The van der Waals surface area contributed by atoms with Crippen LogP contribution >= 0.6 is 11.3 Å². The third-order valence-electron chi connectivity index (χ3n) is 4.90. The van der Waals surface area contributed by atoms with Crippen LogP contribution in [0.25, 0.3) is 10.2 Å². The highest BCUT2D eigenvalue weighted by Crippen LogP contribution is 2.39. The molecule has 0 fully saturated rings. The van der Waals surface area contributed by atoms with Gasteiger partial charge in [0.1, 0.15) is 0 Å². The lowest BCUT2D eigenvalue weighted by atomic mass is 10.1. The first-order valence-electron chi connectivity index (χ1n) is 10.6. The SMILES string of the molecule is C#CCn1c(=NC(=O)c2cc(OCC)c(OCC)c(OCC)c2)sc2cc(C)c(C)cc21. The number of carbonyl (C=O) groups is 1. The Labute approximate surface area is 192 Å². The van der Waals surface area contributed by atoms with Gasteiger partial charge in [0.25, 0.3) is 5.91 Å². The van der Waals surface area contributed by atoms with Crippen LogP contribution in [-0.4, -0.2) is 30.3 Å². The molecule has 3 rings (SSSR count). The minimum Gasteiger partial charge on any atom is -0.490 e. The second-order valence-electron chi connectivity index (χ2n) is 7.10. The van der Waals surface area contributed by atoms with Gasteiger partial charge in [-0.25, -0.2) is 0 Å². The third-order valence-corrected chi connectivity index (χ3v) is 5.94. The predicted octanol–water partition coefficient (Wildman–Crippen LogP) is 4.89. The van der Waals surface area contributed by atoms with Crippen LogP contribution in [0, 0.1) is 26.2 Å². The van der Waals surface area contributed by atoms with Crippen LogP contribution in [0.2, 0.25) is 0 Å². The molecule has 0 bridgehead atoms. The number of aromatic nitrogens is 1. The Bertz CT molecular complexity index is 1220. The molecule has 0 unspecified atom stereocenters. The number of benzene rings is 2. The Kier molecular flexibility index (Phi) is 7.60. The van der Waals surface area contributed by atoms with Crippen molar-refractivity contribution in [3.63, 3.8) is 0 Å². The van der Waals surface area contributed by atoms with Crippen LogP contribution in [0.3, 0.4) is 0 Å². The summed E-state index contributed by atoms with van der Waals surface area (Å²) in [5.41, 5.74) is 3.67. The number of ether oxygens (including phenoxy) is 3. The molecule has 0 saturated carbocycles. The highest BCUT2D eigenvalue weighted by Gasteiger charge is 2.19. The molecule has 32 heavy (non-hydrogen) atoms. The summed E-state index contributed by atoms with van der Waals surface area (Å²) in [5, 5.41) is 0. The van der Waals surface area contributed by atoms with Crippen LogP contribution in [0.1, 0.15) is 42.3 Å². The fourth-order valence-corrected chi connectivity index (χ4v) is 4.42. The van der Waals surface area contributed by atoms with Crippen molar-refractivity contribution in [2.75, 3.05) is 19.8 Å². The van der Waals surface area contributed by atoms with Gasteiger partial charge in [-0.15, -0.1) is 6.42 Å². The second kappa shape index (κ2) is 10.4. The highest BCUT2D eigenvalue weighted by atomic mass is 32.1. The van der Waals surface area contributed by atoms with Gasteiger partial charge >= 0.3 is 0 Å². The lowest BCUT2D eigenvalue weighted by Crippen LogP contribution is -2.16. The first-order chi connectivity index (χ1) is 15.4. The van der Waals surface area contributed by atoms with E-state index in [4.69, 9.17) is 20.6 Å². The molecular formula is C25H28N2O4S. The number of nitrogens with zero attached hydrogens (tertiary/aromatic N) is 2. The van der Waals surface area contributed by atoms with Crippen molar-refractivity contribution in [2.45, 2.75) is 41.2 Å². The summed E-state index contributed by atoms with van der Waals surface area (Å²) in [6.07, 6.45) is 5.60. The minimum absolute atomic E-state index is 0.326. The zero-order valence-electron chi connectivity index (χ0n) is 19.2. The van der Waals surface area contributed by atoms with E-state index in [1.807, 2.05) is 25.3 Å². The number of hydrogen-bond acceptors (Lipinski definition) is 5. The molecule has 0 aliphatic carbocycles. The number of rotatable bonds is 8. The lowest BCUT2D eigenvalue weighted by Gasteiger charge is -2.16. The Hall–Kier alpha value is -3.24. The summed E-state index contributed by atoms with van der Waals surface area (Å²) in [6.45, 7) is 11.4. The van der Waals surface area contributed by atoms with Crippen molar-refractivity contribution < 1.29 is 19.0 Å². The highest BCUT2D eigenvalue weighted by molar-refractivity contribution is 7.16. The monoisotopic (exact) mass is 452 g/mol. The maximum absolute atomic E-state index is 13.2. The first kappa shape index (κ1) is 23.4. The molecule has 0 aliphatic heterocycles. The van der Waals surface area contributed by atoms with E-state index in [-0.39, 0.29) is 0 Å². The van der Waals surface area contributed by atoms with Gasteiger partial charge in [0.2, 0.25) is 5.75 Å². The molecule has 0 atom stereocenters. The van der Waals surface area contributed by atoms with E-state index in [9.17, 15) is 4.79 Å². The fraction of sp³-hybridized carbons (Fsp3) is 0.360. The van der Waals surface area contributed by atoms with Gasteiger partial charge in [0.05, 0.1) is 36.6 Å². The van der Waals surface area contributed by atoms with Crippen molar-refractivity contribution in [1.29, 1.82) is 0 Å². The van der Waals surface area contributed by atoms with Crippen molar-refractivity contribution >= 4 is 27.5 Å². The van der Waals surface area contributed by atoms with Crippen LogP contribution in [0.5, 0.6) is 17.2 Å². The molecule has 6 nitrogen and oxygen atoms in total. The zero-order valence-corrected chi connectivity index (χ0v) is 20.0. The van der Waals surface area contributed by atoms with Gasteiger partial charge in [-0.1, -0.05) is 17.3 Å². The van der Waals surface area contributed by atoms with Gasteiger partial charge < -0.3 is 18.8 Å². The second-order valence-corrected chi connectivity index (χ2v) is 8.11. The summed E-state index contributed by atoms with van der Waals surface area (Å²) in [5.74, 6) is 3.66. The predicted molar refractivity (Wildman–Crippen MR) is 128 cm³/mol. The minimum atomic E-state index is -0.402. The Morgan fingerprint density at radius 1 is 1.00 bits per heavy atom. The average Bonchev–Trinajstić information content (AvgIpc) is 3.07. The number of carbonyl (C=O) groups excluding carboxylic acids is 1. The Morgan fingerprint density at radius 2 is 1.59 bits per heavy atom. The van der Waals surface area contributed by atoms with Crippen LogP contribution in [0.15, 0.2) is 29.3 Å². The summed E-state index contributed by atoms with van der Waals surface area (Å²) in [6, 6.07) is 7.48. The van der Waals surface area contributed by atoms with Gasteiger partial charge in [0.15, 0.2) is 16.3 Å². The van der Waals surface area contributed by atoms with E-state index in [1.165, 1.54) is 16.9 Å². The maximum atomic E-state index is 13.2. The van der Waals surface area contributed by atoms with Crippen molar-refractivity contribution in [2.24, 2.45) is 4.99 Å². The number of aryl methyl sites for hydroxylation is 2. The number of fused-ring (bicyclic) bond motifs is 1. The van der Waals surface area contributed by atoms with Crippen molar-refractivity contribution in [3.05, 3.63) is 45.8 Å². The topological polar surface area (TPSA) is 62.1 Å². The molecule has 0 spiro atoms. The van der Waals surface area contributed by atoms with Gasteiger partial charge in [0, 0.05) is 5.56 Å².